The number of hydrogen-bond acceptors (Lipinski definition) is 1. The smallest absolute Gasteiger partial charge is 0.120 e. The molecule has 0 aliphatic heterocycles. The Hall–Kier alpha value is -1.11. The van der Waals surface area contributed by atoms with Gasteiger partial charge in [0.2, 0.25) is 0 Å². The zero-order valence-corrected chi connectivity index (χ0v) is 14.1. The van der Waals surface area contributed by atoms with E-state index in [-0.39, 0.29) is 0 Å². The quantitative estimate of drug-likeness (QED) is 0.348. The molecule has 0 radical (unpaired) electrons. The van der Waals surface area contributed by atoms with Crippen molar-refractivity contribution in [1.82, 2.24) is 0 Å². The highest BCUT2D eigenvalue weighted by Gasteiger charge is 2.11. The van der Waals surface area contributed by atoms with E-state index in [9.17, 15) is 4.79 Å². The van der Waals surface area contributed by atoms with Crippen LogP contribution in [0.15, 0.2) is 24.3 Å². The molecule has 1 aromatic carbocycles. The van der Waals surface area contributed by atoms with E-state index in [0.29, 0.717) is 18.3 Å². The molecule has 0 amide bonds. The highest BCUT2D eigenvalue weighted by atomic mass is 16.1. The van der Waals surface area contributed by atoms with Crippen molar-refractivity contribution in [3.05, 3.63) is 35.4 Å². The van der Waals surface area contributed by atoms with Gasteiger partial charge in [0.05, 0.1) is 0 Å². The van der Waals surface area contributed by atoms with Gasteiger partial charge in [-0.2, -0.15) is 0 Å². The number of benzene rings is 1. The van der Waals surface area contributed by atoms with E-state index in [4.69, 9.17) is 0 Å². The van der Waals surface area contributed by atoms with Gasteiger partial charge in [0.15, 0.2) is 0 Å². The lowest BCUT2D eigenvalue weighted by atomic mass is 9.89. The van der Waals surface area contributed by atoms with Gasteiger partial charge in [-0.05, 0) is 29.4 Å². The Balaban J connectivity index is 2.46. The van der Waals surface area contributed by atoms with E-state index in [1.807, 2.05) is 0 Å². The lowest BCUT2D eigenvalue weighted by molar-refractivity contribution is -0.108. The highest BCUT2D eigenvalue weighted by molar-refractivity contribution is 5.51. The third-order valence-corrected chi connectivity index (χ3v) is 4.36. The minimum Gasteiger partial charge on any atom is -0.303 e. The van der Waals surface area contributed by atoms with Crippen molar-refractivity contribution >= 4 is 6.29 Å². The first kappa shape index (κ1) is 17.9. The second-order valence-electron chi connectivity index (χ2n) is 6.48. The molecule has 1 heteroatoms. The first-order valence-corrected chi connectivity index (χ1v) is 8.72. The number of rotatable bonds is 11. The summed E-state index contributed by atoms with van der Waals surface area (Å²) < 4.78 is 0. The molecule has 1 atom stereocenters. The van der Waals surface area contributed by atoms with Gasteiger partial charge in [-0.3, -0.25) is 0 Å². The molecule has 21 heavy (non-hydrogen) atoms. The van der Waals surface area contributed by atoms with Crippen LogP contribution in [-0.4, -0.2) is 6.29 Å². The second kappa shape index (κ2) is 10.6. The number of unbranched alkanes of at least 4 members (excludes halogenated alkanes) is 5. The molecule has 0 saturated heterocycles. The van der Waals surface area contributed by atoms with Crippen molar-refractivity contribution in [2.75, 3.05) is 0 Å². The molecule has 0 heterocycles. The maximum Gasteiger partial charge on any atom is 0.120 e. The summed E-state index contributed by atoms with van der Waals surface area (Å²) in [5.41, 5.74) is 2.71. The molecule has 0 N–H and O–H groups in total. The van der Waals surface area contributed by atoms with Crippen molar-refractivity contribution in [2.24, 2.45) is 0 Å². The summed E-state index contributed by atoms with van der Waals surface area (Å²) in [6.45, 7) is 6.68. The monoisotopic (exact) mass is 288 g/mol. The summed E-state index contributed by atoms with van der Waals surface area (Å²) in [5.74, 6) is 0.983. The van der Waals surface area contributed by atoms with E-state index in [1.165, 1.54) is 49.7 Å². The average molecular weight is 288 g/mol. The van der Waals surface area contributed by atoms with Gasteiger partial charge in [-0.1, -0.05) is 83.6 Å². The van der Waals surface area contributed by atoms with Crippen LogP contribution in [0.4, 0.5) is 0 Å². The summed E-state index contributed by atoms with van der Waals surface area (Å²) in [4.78, 5) is 10.9. The van der Waals surface area contributed by atoms with Crippen molar-refractivity contribution in [2.45, 2.75) is 84.0 Å². The molecule has 1 rings (SSSR count). The summed E-state index contributed by atoms with van der Waals surface area (Å²) in [5, 5.41) is 0. The molecule has 0 saturated carbocycles. The van der Waals surface area contributed by atoms with Crippen molar-refractivity contribution < 1.29 is 4.79 Å². The van der Waals surface area contributed by atoms with Crippen LogP contribution in [0, 0.1) is 0 Å². The summed E-state index contributed by atoms with van der Waals surface area (Å²) in [6, 6.07) is 8.89. The van der Waals surface area contributed by atoms with Crippen LogP contribution in [0.25, 0.3) is 0 Å². The maximum atomic E-state index is 10.9. The number of carbonyl (C=O) groups is 1. The molecule has 0 aliphatic rings. The highest BCUT2D eigenvalue weighted by Crippen LogP contribution is 2.27. The van der Waals surface area contributed by atoms with Gasteiger partial charge >= 0.3 is 0 Å². The van der Waals surface area contributed by atoms with Crippen LogP contribution in [0.2, 0.25) is 0 Å². The van der Waals surface area contributed by atoms with E-state index in [2.05, 4.69) is 45.0 Å². The first-order chi connectivity index (χ1) is 10.2. The molecule has 0 aromatic heterocycles. The Morgan fingerprint density at radius 1 is 0.905 bits per heavy atom. The fourth-order valence-corrected chi connectivity index (χ4v) is 2.86. The lowest BCUT2D eigenvalue weighted by Crippen LogP contribution is -2.01. The van der Waals surface area contributed by atoms with Crippen LogP contribution in [-0.2, 0) is 4.79 Å². The van der Waals surface area contributed by atoms with Gasteiger partial charge < -0.3 is 4.79 Å². The summed E-state index contributed by atoms with van der Waals surface area (Å²) in [6.07, 6.45) is 10.8. The van der Waals surface area contributed by atoms with Crippen molar-refractivity contribution in [3.63, 3.8) is 0 Å². The Bertz CT molecular complexity index is 377. The maximum absolute atomic E-state index is 10.9. The molecule has 1 nitrogen and oxygen atoms in total. The van der Waals surface area contributed by atoms with E-state index in [1.54, 1.807) is 0 Å². The van der Waals surface area contributed by atoms with E-state index >= 15 is 0 Å². The van der Waals surface area contributed by atoms with Crippen LogP contribution < -0.4 is 0 Å². The van der Waals surface area contributed by atoms with Crippen molar-refractivity contribution in [1.29, 1.82) is 0 Å². The zero-order valence-electron chi connectivity index (χ0n) is 14.1. The molecule has 0 spiro atoms. The fourth-order valence-electron chi connectivity index (χ4n) is 2.86. The Morgan fingerprint density at radius 2 is 1.48 bits per heavy atom. The van der Waals surface area contributed by atoms with Gasteiger partial charge in [-0.25, -0.2) is 0 Å². The predicted octanol–water partition coefficient (Wildman–Crippen LogP) is 6.23. The van der Waals surface area contributed by atoms with Crippen LogP contribution in [0.3, 0.4) is 0 Å². The molecule has 0 bridgehead atoms. The third-order valence-electron chi connectivity index (χ3n) is 4.36. The largest absolute Gasteiger partial charge is 0.303 e. The topological polar surface area (TPSA) is 17.1 Å². The van der Waals surface area contributed by atoms with Gasteiger partial charge in [0, 0.05) is 6.42 Å². The first-order valence-electron chi connectivity index (χ1n) is 8.72. The molecule has 1 aromatic rings. The number of hydrogen-bond donors (Lipinski definition) is 0. The van der Waals surface area contributed by atoms with Gasteiger partial charge in [0.25, 0.3) is 0 Å². The van der Waals surface area contributed by atoms with Gasteiger partial charge in [0.1, 0.15) is 6.29 Å². The number of aldehydes is 1. The van der Waals surface area contributed by atoms with E-state index < -0.39 is 0 Å². The Labute approximate surface area is 131 Å². The average Bonchev–Trinajstić information content (AvgIpc) is 2.49. The zero-order chi connectivity index (χ0) is 15.5. The van der Waals surface area contributed by atoms with Crippen molar-refractivity contribution in [3.8, 4) is 0 Å². The molecule has 0 aliphatic carbocycles. The minimum absolute atomic E-state index is 0.412. The lowest BCUT2D eigenvalue weighted by Gasteiger charge is -2.16. The van der Waals surface area contributed by atoms with Crippen LogP contribution in [0.1, 0.15) is 95.1 Å². The molecular weight excluding hydrogens is 256 g/mol. The minimum atomic E-state index is 0.412. The standard InChI is InChI=1S/C20H32O/c1-4-5-6-7-8-9-10-19(15-16-21)20-13-11-18(12-14-20)17(2)3/h11-14,16-17,19H,4-10,15H2,1-3H3. The van der Waals surface area contributed by atoms with Crippen LogP contribution >= 0.6 is 0 Å². The second-order valence-corrected chi connectivity index (χ2v) is 6.48. The van der Waals surface area contributed by atoms with Crippen LogP contribution in [0.5, 0.6) is 0 Å². The normalized spacial score (nSPS) is 12.6. The number of carbonyl (C=O) groups excluding carboxylic acids is 1. The summed E-state index contributed by atoms with van der Waals surface area (Å²) >= 11 is 0. The summed E-state index contributed by atoms with van der Waals surface area (Å²) in [7, 11) is 0. The third kappa shape index (κ3) is 6.93. The molecule has 1 unspecified atom stereocenters. The predicted molar refractivity (Wildman–Crippen MR) is 91.9 cm³/mol. The van der Waals surface area contributed by atoms with E-state index in [0.717, 1.165) is 12.7 Å². The SMILES string of the molecule is CCCCCCCCC(CC=O)c1ccc(C(C)C)cc1. The molecular formula is C20H32O. The Morgan fingerprint density at radius 3 is 2.05 bits per heavy atom. The van der Waals surface area contributed by atoms with Gasteiger partial charge in [-0.15, -0.1) is 0 Å². The Kier molecular flexibility index (Phi) is 9.05. The molecule has 118 valence electrons. The molecule has 0 fully saturated rings. The fraction of sp³-hybridized carbons (Fsp3) is 0.650.